The van der Waals surface area contributed by atoms with Crippen molar-refractivity contribution in [2.24, 2.45) is 0 Å². The van der Waals surface area contributed by atoms with Gasteiger partial charge in [0.25, 0.3) is 0 Å². The van der Waals surface area contributed by atoms with Crippen LogP contribution < -0.4 is 10.3 Å². The van der Waals surface area contributed by atoms with Crippen molar-refractivity contribution < 1.29 is 14.7 Å². The van der Waals surface area contributed by atoms with E-state index in [-0.39, 0.29) is 54.5 Å². The van der Waals surface area contributed by atoms with Gasteiger partial charge in [0.05, 0.1) is 17.1 Å². The average Bonchev–Trinajstić information content (AvgIpc) is 1.52. The second-order valence-corrected chi connectivity index (χ2v) is 39.7. The van der Waals surface area contributed by atoms with Gasteiger partial charge in [-0.1, -0.05) is 226 Å². The van der Waals surface area contributed by atoms with E-state index in [0.717, 1.165) is 110 Å². The van der Waals surface area contributed by atoms with Crippen LogP contribution in [0.1, 0.15) is 252 Å². The molecule has 0 unspecified atom stereocenters. The maximum Gasteiger partial charge on any atom is 0.235 e. The highest BCUT2D eigenvalue weighted by Gasteiger charge is 2.44. The van der Waals surface area contributed by atoms with E-state index in [1.54, 1.807) is 0 Å². The fourth-order valence-electron chi connectivity index (χ4n) is 18.2. The van der Waals surface area contributed by atoms with Crippen molar-refractivity contribution in [2.45, 2.75) is 230 Å². The molecule has 0 atom stereocenters. The first kappa shape index (κ1) is 66.2. The topological polar surface area (TPSA) is 88.8 Å². The van der Waals surface area contributed by atoms with Crippen LogP contribution >= 0.6 is 0 Å². The van der Waals surface area contributed by atoms with Gasteiger partial charge in [-0.25, -0.2) is 0 Å². The summed E-state index contributed by atoms with van der Waals surface area (Å²) in [5.74, 6) is -2.09. The van der Waals surface area contributed by atoms with Gasteiger partial charge in [-0.3, -0.25) is 9.59 Å². The summed E-state index contributed by atoms with van der Waals surface area (Å²) >= 11 is 0. The second kappa shape index (κ2) is 20.2. The molecule has 2 heterocycles. The fourth-order valence-corrected chi connectivity index (χ4v) is 18.2. The lowest BCUT2D eigenvalue weighted by atomic mass is 9.81. The van der Waals surface area contributed by atoms with Gasteiger partial charge in [-0.15, -0.1) is 0 Å². The first-order valence-electron chi connectivity index (χ1n) is 37.4. The minimum absolute atomic E-state index is 0.0696. The van der Waals surface area contributed by atoms with E-state index in [9.17, 15) is 0 Å². The third-order valence-corrected chi connectivity index (χ3v) is 24.2. The molecule has 2 N–H and O–H groups in total. The van der Waals surface area contributed by atoms with E-state index >= 15 is 14.7 Å². The number of H-pyrrole nitrogens is 2. The number of carbonyl (C=O) groups is 2. The Labute approximate surface area is 602 Å². The number of fused-ring (bicyclic) bond motifs is 11. The summed E-state index contributed by atoms with van der Waals surface area (Å²) in [6.45, 7) is 59.4. The summed E-state index contributed by atoms with van der Waals surface area (Å²) in [6.07, 6.45) is 0.662. The molecule has 8 aromatic carbocycles. The molecule has 0 fully saturated rings. The monoisotopic (exact) mass is 1340 g/mol. The summed E-state index contributed by atoms with van der Waals surface area (Å²) < 4.78 is 0. The number of ketones is 2. The van der Waals surface area contributed by atoms with Crippen LogP contribution in [0, 0.1) is 17.4 Å². The van der Waals surface area contributed by atoms with Crippen LogP contribution in [0.25, 0.3) is 137 Å². The number of benzene rings is 8. The lowest BCUT2D eigenvalue weighted by Crippen LogP contribution is -2.19. The molecule has 102 heavy (non-hydrogen) atoms. The van der Waals surface area contributed by atoms with Gasteiger partial charge in [0.2, 0.25) is 11.6 Å². The number of aromatic nitrogens is 2. The minimum Gasteiger partial charge on any atom is -0.871 e. The molecular formula is C97H99N2O3-. The molecule has 7 aliphatic rings. The predicted octanol–water partition coefficient (Wildman–Crippen LogP) is 23.8. The molecule has 7 aliphatic carbocycles. The summed E-state index contributed by atoms with van der Waals surface area (Å²) in [5, 5.41) is 31.0. The maximum absolute atomic E-state index is 17.2. The molecule has 0 aliphatic heterocycles. The normalized spacial score (nSPS) is 16.4. The second-order valence-electron chi connectivity index (χ2n) is 39.7. The van der Waals surface area contributed by atoms with Crippen molar-refractivity contribution >= 4 is 93.3 Å². The Morgan fingerprint density at radius 1 is 0.304 bits per heavy atom. The Hall–Kier alpha value is -9.06. The number of nitrogens with one attached hydrogen (secondary N) is 2. The number of aryl methyl sites for hydroxylation is 1. The number of hydrogen-bond donors (Lipinski definition) is 2. The van der Waals surface area contributed by atoms with Crippen LogP contribution in [-0.4, -0.2) is 21.5 Å². The number of Topliss-reactive ketones (excluding diaryl/α,β-unsaturated/α-hetero) is 2. The Morgan fingerprint density at radius 3 is 1.04 bits per heavy atom. The smallest absolute Gasteiger partial charge is 0.235 e. The van der Waals surface area contributed by atoms with Crippen molar-refractivity contribution in [2.75, 3.05) is 0 Å². The maximum atomic E-state index is 17.2. The number of aromatic amines is 2. The molecular weight excluding hydrogens is 1240 g/mol. The van der Waals surface area contributed by atoms with Crippen LogP contribution in [0.5, 0.6) is 0 Å². The Morgan fingerprint density at radius 2 is 0.627 bits per heavy atom. The fraction of sp³-hybridized carbons (Fsp3) is 0.361. The SMILES string of the molecule is CC1=C2C(=C(c3[nH]c(C4=C([O-])/C(=c5\cc(-c6[nH]c(C)c7c6-c6cc(C(C)(C)C)cc8cc(C(C)(C)C)cc-7c68)c6c7cc(C(C)(C)C)cc8cc(C(C)(C)C)cc(c5=6)c87)C(=O)C4=O)c4c3-c3cc(C(C)(C)C)cc5cc(C(C)(C)C)cc-4c35)C1)c1cc(C(C)(C)C)cc3cc(C(C)(C)C)cc2c13. The number of hydrogen-bond acceptors (Lipinski definition) is 3. The third kappa shape index (κ3) is 9.19. The quantitative estimate of drug-likeness (QED) is 0.173. The van der Waals surface area contributed by atoms with Crippen molar-refractivity contribution in [1.29, 1.82) is 0 Å². The number of rotatable bonds is 3. The zero-order valence-electron chi connectivity index (χ0n) is 65.2. The molecule has 516 valence electrons. The van der Waals surface area contributed by atoms with Crippen LogP contribution in [0.4, 0.5) is 0 Å². The molecule has 5 nitrogen and oxygen atoms in total. The highest BCUT2D eigenvalue weighted by molar-refractivity contribution is 6.70. The average molecular weight is 1340 g/mol. The lowest BCUT2D eigenvalue weighted by Gasteiger charge is -2.24. The van der Waals surface area contributed by atoms with Gasteiger partial charge in [0, 0.05) is 49.9 Å². The summed E-state index contributed by atoms with van der Waals surface area (Å²) in [4.78, 5) is 40.9. The third-order valence-electron chi connectivity index (χ3n) is 24.2. The minimum atomic E-state index is -0.777. The molecule has 10 aromatic rings. The van der Waals surface area contributed by atoms with E-state index in [4.69, 9.17) is 0 Å². The molecule has 17 rings (SSSR count). The molecule has 0 spiro atoms. The van der Waals surface area contributed by atoms with E-state index < -0.39 is 17.3 Å². The van der Waals surface area contributed by atoms with Gasteiger partial charge >= 0.3 is 0 Å². The van der Waals surface area contributed by atoms with E-state index in [2.05, 4.69) is 293 Å². The van der Waals surface area contributed by atoms with Crippen LogP contribution in [-0.2, 0) is 52.9 Å². The largest absolute Gasteiger partial charge is 0.871 e. The Kier molecular flexibility index (Phi) is 13.1. The first-order valence-corrected chi connectivity index (χ1v) is 37.4. The first-order chi connectivity index (χ1) is 47.2. The molecule has 0 amide bonds. The summed E-state index contributed by atoms with van der Waals surface area (Å²) in [5.41, 5.74) is 28.3. The van der Waals surface area contributed by atoms with Gasteiger partial charge < -0.3 is 15.1 Å². The van der Waals surface area contributed by atoms with Crippen molar-refractivity contribution in [3.05, 3.63) is 203 Å². The molecule has 0 saturated carbocycles. The summed E-state index contributed by atoms with van der Waals surface area (Å²) in [6, 6.07) is 40.4. The predicted molar refractivity (Wildman–Crippen MR) is 430 cm³/mol. The van der Waals surface area contributed by atoms with Gasteiger partial charge in [-0.05, 0) is 277 Å². The molecule has 0 radical (unpaired) electrons. The molecule has 5 heteroatoms. The number of carbonyl (C=O) groups excluding carboxylic acids is 2. The molecule has 2 aromatic heterocycles. The van der Waals surface area contributed by atoms with Crippen molar-refractivity contribution in [1.82, 2.24) is 9.97 Å². The lowest BCUT2D eigenvalue weighted by molar-refractivity contribution is -0.290. The summed E-state index contributed by atoms with van der Waals surface area (Å²) in [7, 11) is 0. The Bertz CT molecular complexity index is 6160. The van der Waals surface area contributed by atoms with Crippen LogP contribution in [0.2, 0.25) is 0 Å². The number of allylic oxidation sites excluding steroid dienone is 6. The highest BCUT2D eigenvalue weighted by atomic mass is 16.3. The zero-order chi connectivity index (χ0) is 73.1. The molecule has 0 saturated heterocycles. The molecule has 0 bridgehead atoms. The van der Waals surface area contributed by atoms with Crippen molar-refractivity contribution in [3.63, 3.8) is 0 Å². The van der Waals surface area contributed by atoms with Crippen molar-refractivity contribution in [3.8, 4) is 55.8 Å². The highest BCUT2D eigenvalue weighted by Crippen LogP contribution is 2.63. The van der Waals surface area contributed by atoms with E-state index in [1.165, 1.54) is 99.5 Å². The Balaban J connectivity index is 1.02. The van der Waals surface area contributed by atoms with Gasteiger partial charge in [-0.2, -0.15) is 0 Å². The van der Waals surface area contributed by atoms with E-state index in [0.29, 0.717) is 17.3 Å². The van der Waals surface area contributed by atoms with E-state index in [1.807, 2.05) is 0 Å². The van der Waals surface area contributed by atoms with Crippen LogP contribution in [0.3, 0.4) is 0 Å². The van der Waals surface area contributed by atoms with Gasteiger partial charge in [0.1, 0.15) is 0 Å². The zero-order valence-corrected chi connectivity index (χ0v) is 65.2. The van der Waals surface area contributed by atoms with Crippen LogP contribution in [0.15, 0.2) is 114 Å². The standard InChI is InChI=1S/C97H100N2O3/c1-45-27-68(77-62-39-54(93(12,13)14)29-47-28-51(90(3,4)5)36-59(70(45)77)72(47)62)85-80-65-42-57(96(21,22)23)34-50-35-58(97(24,25)26)43-66(75(50)65)81(80)86(99-85)83-87(100)82(88(101)89(83)102)67-44-69(78-63-40-55(94(15,16)17)33-49-32-53(92(9,10)11)38-61(74(49)63)76(67)78)84-79-64-41-56(95(18,19)20)31-48-30-52(91(6,7)8)37-60(73(48)64)71(79)46(2)98-84/h28-44,98-100H,27H2,1-26H3/p-1/b82-67-. The van der Waals surface area contributed by atoms with Gasteiger partial charge in [0.15, 0.2) is 0 Å².